The van der Waals surface area contributed by atoms with Crippen LogP contribution < -0.4 is 0 Å². The molecule has 0 N–H and O–H groups in total. The zero-order valence-electron chi connectivity index (χ0n) is 8.36. The van der Waals surface area contributed by atoms with Gasteiger partial charge in [0.1, 0.15) is 5.82 Å². The fourth-order valence-electron chi connectivity index (χ4n) is 1.23. The summed E-state index contributed by atoms with van der Waals surface area (Å²) in [4.78, 5) is 5.15. The number of halogens is 2. The van der Waals surface area contributed by atoms with Crippen LogP contribution in [0.3, 0.4) is 0 Å². The van der Waals surface area contributed by atoms with Gasteiger partial charge in [0.25, 0.3) is 0 Å². The minimum Gasteiger partial charge on any atom is -0.263 e. The van der Waals surface area contributed by atoms with Crippen LogP contribution in [0.1, 0.15) is 5.56 Å². The lowest BCUT2D eigenvalue weighted by Crippen LogP contribution is -1.83. The minimum absolute atomic E-state index is 0.200. The summed E-state index contributed by atoms with van der Waals surface area (Å²) in [5, 5.41) is 0. The third-order valence-electron chi connectivity index (χ3n) is 1.98. The fourth-order valence-corrected chi connectivity index (χ4v) is 2.46. The monoisotopic (exact) mass is 297 g/mol. The fraction of sp³-hybridized carbons (Fsp3) is 0.0833. The zero-order valence-corrected chi connectivity index (χ0v) is 10.8. The van der Waals surface area contributed by atoms with Gasteiger partial charge in [-0.25, -0.2) is 4.39 Å². The van der Waals surface area contributed by atoms with E-state index < -0.39 is 0 Å². The van der Waals surface area contributed by atoms with E-state index in [1.54, 1.807) is 30.1 Å². The molecule has 0 atom stereocenters. The van der Waals surface area contributed by atoms with Crippen LogP contribution in [-0.4, -0.2) is 4.98 Å². The third kappa shape index (κ3) is 3.32. The molecule has 4 heteroatoms. The van der Waals surface area contributed by atoms with Crippen molar-refractivity contribution in [3.8, 4) is 0 Å². The molecule has 0 aliphatic carbocycles. The molecule has 0 bridgehead atoms. The Bertz CT molecular complexity index is 473. The van der Waals surface area contributed by atoms with Crippen molar-refractivity contribution in [3.63, 3.8) is 0 Å². The molecule has 16 heavy (non-hydrogen) atoms. The molecule has 0 amide bonds. The molecule has 1 aromatic carbocycles. The zero-order chi connectivity index (χ0) is 11.4. The third-order valence-corrected chi connectivity index (χ3v) is 3.50. The molecule has 2 rings (SSSR count). The number of hydrogen-bond acceptors (Lipinski definition) is 2. The van der Waals surface area contributed by atoms with Crippen molar-refractivity contribution in [2.45, 2.75) is 10.6 Å². The van der Waals surface area contributed by atoms with E-state index in [1.807, 2.05) is 12.3 Å². The van der Waals surface area contributed by atoms with Gasteiger partial charge in [-0.05, 0) is 51.8 Å². The summed E-state index contributed by atoms with van der Waals surface area (Å²) in [5.41, 5.74) is 1.14. The highest BCUT2D eigenvalue weighted by Gasteiger charge is 1.98. The lowest BCUT2D eigenvalue weighted by atomic mass is 10.3. The first-order chi connectivity index (χ1) is 7.74. The Morgan fingerprint density at radius 2 is 1.94 bits per heavy atom. The summed E-state index contributed by atoms with van der Waals surface area (Å²) >= 11 is 5.04. The van der Waals surface area contributed by atoms with Gasteiger partial charge in [0, 0.05) is 27.5 Å². The molecule has 0 saturated carbocycles. The Kier molecular flexibility index (Phi) is 3.96. The SMILES string of the molecule is Fc1ccc(SCc2cncc(Br)c2)cc1. The number of benzene rings is 1. The molecule has 0 saturated heterocycles. The molecule has 0 aliphatic rings. The Balaban J connectivity index is 1.99. The molecular formula is C12H9BrFNS. The van der Waals surface area contributed by atoms with Crippen molar-refractivity contribution >= 4 is 27.7 Å². The predicted molar refractivity (Wildman–Crippen MR) is 67.9 cm³/mol. The highest BCUT2D eigenvalue weighted by Crippen LogP contribution is 2.23. The minimum atomic E-state index is -0.200. The second-order valence-electron chi connectivity index (χ2n) is 3.25. The summed E-state index contributed by atoms with van der Waals surface area (Å²) < 4.78 is 13.7. The van der Waals surface area contributed by atoms with Crippen LogP contribution in [0, 0.1) is 5.82 Å². The highest BCUT2D eigenvalue weighted by molar-refractivity contribution is 9.10. The van der Waals surface area contributed by atoms with E-state index in [0.29, 0.717) is 0 Å². The summed E-state index contributed by atoms with van der Waals surface area (Å²) in [6.45, 7) is 0. The smallest absolute Gasteiger partial charge is 0.123 e. The summed E-state index contributed by atoms with van der Waals surface area (Å²) in [5.74, 6) is 0.631. The van der Waals surface area contributed by atoms with Gasteiger partial charge in [0.2, 0.25) is 0 Å². The maximum Gasteiger partial charge on any atom is 0.123 e. The molecule has 0 spiro atoms. The summed E-state index contributed by atoms with van der Waals surface area (Å²) in [6, 6.07) is 8.54. The lowest BCUT2D eigenvalue weighted by molar-refractivity contribution is 0.626. The van der Waals surface area contributed by atoms with E-state index >= 15 is 0 Å². The first-order valence-electron chi connectivity index (χ1n) is 4.72. The number of rotatable bonds is 3. The van der Waals surface area contributed by atoms with Gasteiger partial charge in [-0.15, -0.1) is 11.8 Å². The lowest BCUT2D eigenvalue weighted by Gasteiger charge is -2.02. The van der Waals surface area contributed by atoms with Crippen LogP contribution in [0.4, 0.5) is 4.39 Å². The van der Waals surface area contributed by atoms with Crippen LogP contribution in [0.15, 0.2) is 52.1 Å². The maximum absolute atomic E-state index is 12.7. The van der Waals surface area contributed by atoms with Crippen LogP contribution in [0.25, 0.3) is 0 Å². The van der Waals surface area contributed by atoms with E-state index in [4.69, 9.17) is 0 Å². The molecule has 1 aromatic heterocycles. The molecule has 82 valence electrons. The van der Waals surface area contributed by atoms with Gasteiger partial charge in [-0.1, -0.05) is 0 Å². The van der Waals surface area contributed by atoms with Crippen molar-refractivity contribution in [2.75, 3.05) is 0 Å². The average Bonchev–Trinajstić information content (AvgIpc) is 2.28. The second kappa shape index (κ2) is 5.46. The molecule has 1 nitrogen and oxygen atoms in total. The summed E-state index contributed by atoms with van der Waals surface area (Å²) in [7, 11) is 0. The van der Waals surface area contributed by atoms with Crippen molar-refractivity contribution < 1.29 is 4.39 Å². The van der Waals surface area contributed by atoms with Crippen LogP contribution >= 0.6 is 27.7 Å². The normalized spacial score (nSPS) is 10.4. The topological polar surface area (TPSA) is 12.9 Å². The van der Waals surface area contributed by atoms with Gasteiger partial charge in [-0.3, -0.25) is 4.98 Å². The van der Waals surface area contributed by atoms with E-state index in [2.05, 4.69) is 20.9 Å². The van der Waals surface area contributed by atoms with Crippen LogP contribution in [0.5, 0.6) is 0 Å². The largest absolute Gasteiger partial charge is 0.263 e. The Morgan fingerprint density at radius 1 is 1.19 bits per heavy atom. The van der Waals surface area contributed by atoms with Crippen molar-refractivity contribution in [1.29, 1.82) is 0 Å². The number of hydrogen-bond donors (Lipinski definition) is 0. The first-order valence-corrected chi connectivity index (χ1v) is 6.50. The highest BCUT2D eigenvalue weighted by atomic mass is 79.9. The van der Waals surface area contributed by atoms with Gasteiger partial charge in [-0.2, -0.15) is 0 Å². The maximum atomic E-state index is 12.7. The molecule has 1 heterocycles. The van der Waals surface area contributed by atoms with E-state index in [1.165, 1.54) is 12.1 Å². The first kappa shape index (κ1) is 11.6. The molecular weight excluding hydrogens is 289 g/mol. The van der Waals surface area contributed by atoms with Crippen molar-refractivity contribution in [2.24, 2.45) is 0 Å². The quantitative estimate of drug-likeness (QED) is 0.785. The van der Waals surface area contributed by atoms with Crippen LogP contribution in [-0.2, 0) is 5.75 Å². The van der Waals surface area contributed by atoms with Crippen LogP contribution in [0.2, 0.25) is 0 Å². The molecule has 0 aliphatic heterocycles. The number of aromatic nitrogens is 1. The summed E-state index contributed by atoms with van der Waals surface area (Å²) in [6.07, 6.45) is 3.59. The van der Waals surface area contributed by atoms with Crippen molar-refractivity contribution in [3.05, 3.63) is 58.6 Å². The van der Waals surface area contributed by atoms with E-state index in [-0.39, 0.29) is 5.82 Å². The standard InChI is InChI=1S/C12H9BrFNS/c13-10-5-9(6-15-7-10)8-16-12-3-1-11(14)2-4-12/h1-7H,8H2. The Labute approximate surface area is 106 Å². The number of thioether (sulfide) groups is 1. The predicted octanol–water partition coefficient (Wildman–Crippen LogP) is 4.28. The molecule has 0 radical (unpaired) electrons. The number of pyridine rings is 1. The molecule has 2 aromatic rings. The van der Waals surface area contributed by atoms with Gasteiger partial charge >= 0.3 is 0 Å². The van der Waals surface area contributed by atoms with E-state index in [0.717, 1.165) is 20.7 Å². The molecule has 0 unspecified atom stereocenters. The van der Waals surface area contributed by atoms with Gasteiger partial charge in [0.05, 0.1) is 0 Å². The average molecular weight is 298 g/mol. The van der Waals surface area contributed by atoms with E-state index in [9.17, 15) is 4.39 Å². The van der Waals surface area contributed by atoms with Gasteiger partial charge in [0.15, 0.2) is 0 Å². The second-order valence-corrected chi connectivity index (χ2v) is 5.22. The van der Waals surface area contributed by atoms with Crippen molar-refractivity contribution in [1.82, 2.24) is 4.98 Å². The molecule has 0 fully saturated rings. The Morgan fingerprint density at radius 3 is 2.62 bits per heavy atom. The Hall–Kier alpha value is -0.870. The number of nitrogens with zero attached hydrogens (tertiary/aromatic N) is 1. The van der Waals surface area contributed by atoms with Gasteiger partial charge < -0.3 is 0 Å².